The van der Waals surface area contributed by atoms with Crippen LogP contribution in [0.3, 0.4) is 0 Å². The van der Waals surface area contributed by atoms with E-state index >= 15 is 0 Å². The topological polar surface area (TPSA) is 90.4 Å². The Morgan fingerprint density at radius 1 is 1.39 bits per heavy atom. The average Bonchev–Trinajstić information content (AvgIpc) is 3.03. The molecule has 126 valence electrons. The van der Waals surface area contributed by atoms with Crippen LogP contribution in [-0.4, -0.2) is 52.3 Å². The monoisotopic (exact) mass is 320 g/mol. The van der Waals surface area contributed by atoms with Crippen LogP contribution < -0.4 is 5.73 Å². The maximum absolute atomic E-state index is 13.0. The van der Waals surface area contributed by atoms with Gasteiger partial charge in [-0.25, -0.2) is 0 Å². The number of nitrogens with two attached hydrogens (primary N) is 1. The van der Waals surface area contributed by atoms with Gasteiger partial charge in [-0.05, 0) is 38.7 Å². The van der Waals surface area contributed by atoms with Crippen molar-refractivity contribution in [2.45, 2.75) is 45.2 Å². The zero-order chi connectivity index (χ0) is 16.4. The van der Waals surface area contributed by atoms with Crippen LogP contribution in [0.5, 0.6) is 0 Å². The molecule has 2 N–H and O–H groups in total. The molecule has 1 unspecified atom stereocenters. The van der Waals surface area contributed by atoms with Crippen LogP contribution in [-0.2, 0) is 16.1 Å². The fourth-order valence-electron chi connectivity index (χ4n) is 4.09. The van der Waals surface area contributed by atoms with Gasteiger partial charge in [0.1, 0.15) is 11.7 Å². The molecule has 7 heteroatoms. The first-order valence-electron chi connectivity index (χ1n) is 8.29. The Morgan fingerprint density at radius 2 is 2.13 bits per heavy atom. The number of hydrogen-bond acceptors (Lipinski definition) is 4. The molecule has 2 aliphatic heterocycles. The van der Waals surface area contributed by atoms with Crippen molar-refractivity contribution in [3.8, 4) is 0 Å². The highest BCUT2D eigenvalue weighted by molar-refractivity contribution is 5.96. The summed E-state index contributed by atoms with van der Waals surface area (Å²) in [6.45, 7) is 4.36. The Hall–Kier alpha value is -1.89. The van der Waals surface area contributed by atoms with E-state index in [-0.39, 0.29) is 11.3 Å². The Labute approximate surface area is 135 Å². The number of carbonyl (C=O) groups excluding carboxylic acids is 2. The van der Waals surface area contributed by atoms with Crippen LogP contribution in [0.4, 0.5) is 0 Å². The van der Waals surface area contributed by atoms with Gasteiger partial charge in [-0.2, -0.15) is 5.10 Å². The molecule has 2 fully saturated rings. The summed E-state index contributed by atoms with van der Waals surface area (Å²) < 4.78 is 7.12. The summed E-state index contributed by atoms with van der Waals surface area (Å²) in [7, 11) is 0. The molecule has 23 heavy (non-hydrogen) atoms. The molecule has 0 aliphatic carbocycles. The zero-order valence-corrected chi connectivity index (χ0v) is 13.5. The van der Waals surface area contributed by atoms with Crippen LogP contribution in [0.15, 0.2) is 12.3 Å². The van der Waals surface area contributed by atoms with Crippen molar-refractivity contribution in [3.05, 3.63) is 18.0 Å². The van der Waals surface area contributed by atoms with Crippen molar-refractivity contribution in [3.63, 3.8) is 0 Å². The van der Waals surface area contributed by atoms with Crippen LogP contribution in [0.1, 0.15) is 43.1 Å². The van der Waals surface area contributed by atoms with E-state index in [2.05, 4.69) is 5.10 Å². The van der Waals surface area contributed by atoms with Crippen LogP contribution in [0, 0.1) is 5.41 Å². The van der Waals surface area contributed by atoms with Gasteiger partial charge < -0.3 is 15.4 Å². The van der Waals surface area contributed by atoms with Crippen molar-refractivity contribution in [2.75, 3.05) is 19.8 Å². The van der Waals surface area contributed by atoms with E-state index in [1.807, 2.05) is 6.92 Å². The molecular formula is C16H24N4O3. The average molecular weight is 320 g/mol. The molecule has 7 nitrogen and oxygen atoms in total. The quantitative estimate of drug-likeness (QED) is 0.891. The number of aromatic nitrogens is 2. The summed E-state index contributed by atoms with van der Waals surface area (Å²) in [5, 5.41) is 4.16. The summed E-state index contributed by atoms with van der Waals surface area (Å²) in [6.07, 6.45) is 4.97. The van der Waals surface area contributed by atoms with Crippen molar-refractivity contribution >= 4 is 11.8 Å². The SMILES string of the molecule is CCn1nccc1C(=O)N1CCCC2(CCOCC2)C1C(N)=O. The first-order valence-corrected chi connectivity index (χ1v) is 8.29. The summed E-state index contributed by atoms with van der Waals surface area (Å²) >= 11 is 0. The van der Waals surface area contributed by atoms with Gasteiger partial charge in [0.15, 0.2) is 0 Å². The molecule has 3 heterocycles. The molecule has 0 radical (unpaired) electrons. The summed E-state index contributed by atoms with van der Waals surface area (Å²) in [5.74, 6) is -0.568. The standard InChI is InChI=1S/C16H24N4O3/c1-2-20-12(4-8-18-20)15(22)19-9-3-5-16(13(19)14(17)21)6-10-23-11-7-16/h4,8,13H,2-3,5-7,9-11H2,1H3,(H2,17,21). The van der Waals surface area contributed by atoms with E-state index in [1.165, 1.54) is 0 Å². The van der Waals surface area contributed by atoms with Crippen molar-refractivity contribution in [1.29, 1.82) is 0 Å². The lowest BCUT2D eigenvalue weighted by Gasteiger charge is -2.50. The second-order valence-corrected chi connectivity index (χ2v) is 6.41. The molecule has 2 saturated heterocycles. The molecule has 2 amide bonds. The largest absolute Gasteiger partial charge is 0.381 e. The third-order valence-corrected chi connectivity index (χ3v) is 5.22. The number of primary amides is 1. The normalized spacial score (nSPS) is 23.9. The van der Waals surface area contributed by atoms with Gasteiger partial charge in [0.25, 0.3) is 5.91 Å². The minimum Gasteiger partial charge on any atom is -0.381 e. The lowest BCUT2D eigenvalue weighted by molar-refractivity contribution is -0.134. The molecule has 1 spiro atoms. The fraction of sp³-hybridized carbons (Fsp3) is 0.688. The molecule has 2 aliphatic rings. The fourth-order valence-corrected chi connectivity index (χ4v) is 4.09. The number of carbonyl (C=O) groups is 2. The predicted octanol–water partition coefficient (Wildman–Crippen LogP) is 0.790. The molecule has 0 aromatic carbocycles. The van der Waals surface area contributed by atoms with Crippen molar-refractivity contribution in [1.82, 2.24) is 14.7 Å². The van der Waals surface area contributed by atoms with E-state index in [9.17, 15) is 9.59 Å². The lowest BCUT2D eigenvalue weighted by atomic mass is 9.67. The third-order valence-electron chi connectivity index (χ3n) is 5.22. The molecule has 1 aromatic rings. The van der Waals surface area contributed by atoms with Crippen molar-refractivity contribution in [2.24, 2.45) is 11.1 Å². The number of ether oxygens (including phenoxy) is 1. The van der Waals surface area contributed by atoms with Gasteiger partial charge in [0, 0.05) is 37.9 Å². The zero-order valence-electron chi connectivity index (χ0n) is 13.5. The third kappa shape index (κ3) is 2.73. The number of aryl methyl sites for hydroxylation is 1. The van der Waals surface area contributed by atoms with Crippen LogP contribution in [0.2, 0.25) is 0 Å². The molecule has 1 atom stereocenters. The van der Waals surface area contributed by atoms with Crippen LogP contribution in [0.25, 0.3) is 0 Å². The Kier molecular flexibility index (Phi) is 4.39. The lowest BCUT2D eigenvalue weighted by Crippen LogP contribution is -2.61. The smallest absolute Gasteiger partial charge is 0.272 e. The number of amides is 2. The summed E-state index contributed by atoms with van der Waals surface area (Å²) in [5.41, 5.74) is 6.00. The maximum Gasteiger partial charge on any atom is 0.272 e. The number of likely N-dealkylation sites (tertiary alicyclic amines) is 1. The highest BCUT2D eigenvalue weighted by atomic mass is 16.5. The minimum absolute atomic E-state index is 0.154. The molecule has 0 bridgehead atoms. The van der Waals surface area contributed by atoms with Gasteiger partial charge in [-0.1, -0.05) is 0 Å². The first-order chi connectivity index (χ1) is 11.1. The van der Waals surface area contributed by atoms with Gasteiger partial charge in [-0.15, -0.1) is 0 Å². The number of rotatable bonds is 3. The Balaban J connectivity index is 1.93. The van der Waals surface area contributed by atoms with E-state index in [4.69, 9.17) is 10.5 Å². The van der Waals surface area contributed by atoms with Gasteiger partial charge in [0.2, 0.25) is 5.91 Å². The minimum atomic E-state index is -0.562. The second-order valence-electron chi connectivity index (χ2n) is 6.41. The number of piperidine rings is 1. The van der Waals surface area contributed by atoms with E-state index in [0.29, 0.717) is 32.0 Å². The predicted molar refractivity (Wildman–Crippen MR) is 83.6 cm³/mol. The molecular weight excluding hydrogens is 296 g/mol. The Bertz CT molecular complexity index is 586. The van der Waals surface area contributed by atoms with Gasteiger partial charge in [-0.3, -0.25) is 14.3 Å². The first kappa shape index (κ1) is 16.0. The second kappa shape index (κ2) is 6.31. The number of hydrogen-bond donors (Lipinski definition) is 1. The van der Waals surface area contributed by atoms with Crippen molar-refractivity contribution < 1.29 is 14.3 Å². The summed E-state index contributed by atoms with van der Waals surface area (Å²) in [4.78, 5) is 26.9. The van der Waals surface area contributed by atoms with Gasteiger partial charge in [0.05, 0.1) is 0 Å². The van der Waals surface area contributed by atoms with E-state index in [0.717, 1.165) is 25.7 Å². The summed E-state index contributed by atoms with van der Waals surface area (Å²) in [6, 6.07) is 1.14. The molecule has 1 aromatic heterocycles. The molecule has 0 saturated carbocycles. The highest BCUT2D eigenvalue weighted by Gasteiger charge is 2.50. The number of nitrogens with zero attached hydrogens (tertiary/aromatic N) is 3. The Morgan fingerprint density at radius 3 is 2.78 bits per heavy atom. The highest BCUT2D eigenvalue weighted by Crippen LogP contribution is 2.44. The maximum atomic E-state index is 13.0. The van der Waals surface area contributed by atoms with Gasteiger partial charge >= 0.3 is 0 Å². The van der Waals surface area contributed by atoms with Crippen LogP contribution >= 0.6 is 0 Å². The van der Waals surface area contributed by atoms with E-state index < -0.39 is 11.9 Å². The molecule has 3 rings (SSSR count). The van der Waals surface area contributed by atoms with E-state index in [1.54, 1.807) is 21.8 Å².